The van der Waals surface area contributed by atoms with Crippen molar-refractivity contribution < 1.29 is 14.9 Å². The molecule has 4 nitrogen and oxygen atoms in total. The average molecular weight is 320 g/mol. The molecule has 1 aromatic rings. The van der Waals surface area contributed by atoms with Gasteiger partial charge in [0, 0.05) is 9.50 Å². The number of rotatable bonds is 5. The summed E-state index contributed by atoms with van der Waals surface area (Å²) in [5, 5.41) is 21.2. The maximum absolute atomic E-state index is 11.0. The molecule has 0 fully saturated rings. The third kappa shape index (κ3) is 4.67. The van der Waals surface area contributed by atoms with Crippen LogP contribution in [-0.4, -0.2) is 29.2 Å². The summed E-state index contributed by atoms with van der Waals surface area (Å²) in [6.45, 7) is 1.47. The van der Waals surface area contributed by atoms with Crippen molar-refractivity contribution in [2.75, 3.05) is 0 Å². The fourth-order valence-electron chi connectivity index (χ4n) is 1.42. The number of halogens is 2. The van der Waals surface area contributed by atoms with Crippen molar-refractivity contribution in [1.82, 2.24) is 5.23 Å². The van der Waals surface area contributed by atoms with Crippen molar-refractivity contribution in [3.8, 4) is 0 Å². The summed E-state index contributed by atoms with van der Waals surface area (Å²) in [5.74, 6) is -1.02. The van der Waals surface area contributed by atoms with Crippen LogP contribution in [0.3, 0.4) is 0 Å². The molecule has 0 unspecified atom stereocenters. The largest absolute Gasteiger partial charge is 0.480 e. The predicted octanol–water partition coefficient (Wildman–Crippen LogP) is 1.80. The summed E-state index contributed by atoms with van der Waals surface area (Å²) in [5.41, 5.74) is 0.718. The zero-order valence-corrected chi connectivity index (χ0v) is 11.5. The smallest absolute Gasteiger partial charge is 0.374 e. The zero-order valence-electron chi connectivity index (χ0n) is 9.15. The second-order valence-corrected chi connectivity index (χ2v) is 5.00. The molecular formula is C10H12BBrClNO3. The van der Waals surface area contributed by atoms with Crippen LogP contribution in [0.1, 0.15) is 5.56 Å². The molecule has 0 aliphatic rings. The molecule has 0 spiro atoms. The molecule has 0 aliphatic heterocycles. The van der Waals surface area contributed by atoms with Crippen LogP contribution in [0.25, 0.3) is 0 Å². The number of carboxylic acids is 1. The summed E-state index contributed by atoms with van der Waals surface area (Å²) >= 11 is 9.28. The molecule has 3 N–H and O–H groups in total. The molecule has 17 heavy (non-hydrogen) atoms. The first-order chi connectivity index (χ1) is 7.90. The van der Waals surface area contributed by atoms with Crippen molar-refractivity contribution in [2.45, 2.75) is 19.3 Å². The molecular weight excluding hydrogens is 308 g/mol. The van der Waals surface area contributed by atoms with E-state index in [-0.39, 0.29) is 6.42 Å². The van der Waals surface area contributed by atoms with E-state index >= 15 is 0 Å². The van der Waals surface area contributed by atoms with E-state index in [1.54, 1.807) is 18.2 Å². The van der Waals surface area contributed by atoms with Gasteiger partial charge < -0.3 is 15.4 Å². The van der Waals surface area contributed by atoms with E-state index in [0.717, 1.165) is 10.0 Å². The van der Waals surface area contributed by atoms with E-state index in [0.29, 0.717) is 5.02 Å². The predicted molar refractivity (Wildman–Crippen MR) is 71.3 cm³/mol. The highest BCUT2D eigenvalue weighted by atomic mass is 79.9. The van der Waals surface area contributed by atoms with Gasteiger partial charge in [0.15, 0.2) is 0 Å². The van der Waals surface area contributed by atoms with Crippen molar-refractivity contribution >= 4 is 40.6 Å². The van der Waals surface area contributed by atoms with Crippen LogP contribution < -0.4 is 5.23 Å². The first-order valence-electron chi connectivity index (χ1n) is 5.01. The molecule has 1 aromatic carbocycles. The summed E-state index contributed by atoms with van der Waals surface area (Å²) in [4.78, 5) is 11.0. The van der Waals surface area contributed by atoms with E-state index in [4.69, 9.17) is 21.7 Å². The summed E-state index contributed by atoms with van der Waals surface area (Å²) in [6.07, 6.45) is 0.215. The molecule has 0 radical (unpaired) electrons. The number of aliphatic carboxylic acids is 1. The van der Waals surface area contributed by atoms with Crippen LogP contribution in [0.15, 0.2) is 22.7 Å². The van der Waals surface area contributed by atoms with Gasteiger partial charge in [0.2, 0.25) is 0 Å². The molecule has 0 bridgehead atoms. The maximum Gasteiger partial charge on any atom is 0.374 e. The van der Waals surface area contributed by atoms with Gasteiger partial charge in [-0.1, -0.05) is 33.6 Å². The number of benzene rings is 1. The summed E-state index contributed by atoms with van der Waals surface area (Å²) < 4.78 is 0.835. The number of hydrogen-bond acceptors (Lipinski definition) is 3. The average Bonchev–Trinajstić information content (AvgIpc) is 2.19. The lowest BCUT2D eigenvalue weighted by molar-refractivity contribution is -0.139. The van der Waals surface area contributed by atoms with Crippen molar-refractivity contribution in [3.05, 3.63) is 33.3 Å². The fraction of sp³-hybridized carbons (Fsp3) is 0.300. The van der Waals surface area contributed by atoms with Crippen LogP contribution >= 0.6 is 27.5 Å². The highest BCUT2D eigenvalue weighted by molar-refractivity contribution is 9.10. The van der Waals surface area contributed by atoms with Gasteiger partial charge in [0.25, 0.3) is 0 Å². The Kier molecular flexibility index (Phi) is 5.46. The third-order valence-corrected chi connectivity index (χ3v) is 3.02. The number of carboxylic acid groups (broad SMARTS) is 1. The zero-order chi connectivity index (χ0) is 13.0. The van der Waals surface area contributed by atoms with Gasteiger partial charge in [-0.3, -0.25) is 4.79 Å². The lowest BCUT2D eigenvalue weighted by Crippen LogP contribution is -2.46. The van der Waals surface area contributed by atoms with Gasteiger partial charge in [-0.25, -0.2) is 0 Å². The third-order valence-electron chi connectivity index (χ3n) is 2.18. The Bertz CT molecular complexity index is 417. The lowest BCUT2D eigenvalue weighted by Gasteiger charge is -2.15. The minimum atomic E-state index is -1.02. The first kappa shape index (κ1) is 14.5. The Morgan fingerprint density at radius 1 is 1.65 bits per heavy atom. The van der Waals surface area contributed by atoms with Crippen LogP contribution in [-0.2, 0) is 11.2 Å². The quantitative estimate of drug-likeness (QED) is 0.724. The van der Waals surface area contributed by atoms with Crippen LogP contribution in [0.5, 0.6) is 0 Å². The van der Waals surface area contributed by atoms with Crippen LogP contribution in [0.2, 0.25) is 11.8 Å². The highest BCUT2D eigenvalue weighted by Crippen LogP contribution is 2.22. The van der Waals surface area contributed by atoms with Gasteiger partial charge >= 0.3 is 13.0 Å². The number of carbonyl (C=O) groups is 1. The monoisotopic (exact) mass is 319 g/mol. The molecule has 0 saturated carbocycles. The highest BCUT2D eigenvalue weighted by Gasteiger charge is 2.21. The van der Waals surface area contributed by atoms with E-state index in [1.807, 2.05) is 0 Å². The molecule has 0 saturated heterocycles. The van der Waals surface area contributed by atoms with Crippen molar-refractivity contribution in [2.24, 2.45) is 0 Å². The summed E-state index contributed by atoms with van der Waals surface area (Å²) in [7, 11) is -0.884. The van der Waals surface area contributed by atoms with E-state index in [1.165, 1.54) is 6.82 Å². The van der Waals surface area contributed by atoms with E-state index in [9.17, 15) is 4.79 Å². The van der Waals surface area contributed by atoms with Crippen LogP contribution in [0, 0.1) is 0 Å². The van der Waals surface area contributed by atoms with Crippen molar-refractivity contribution in [1.29, 1.82) is 0 Å². The normalized spacial score (nSPS) is 12.2. The van der Waals surface area contributed by atoms with Gasteiger partial charge in [0.1, 0.15) is 6.04 Å². The first-order valence-corrected chi connectivity index (χ1v) is 6.18. The second-order valence-electron chi connectivity index (χ2n) is 3.67. The fourth-order valence-corrected chi connectivity index (χ4v) is 2.17. The molecule has 1 atom stereocenters. The SMILES string of the molecule is CB(O)N[C@H](Cc1ccc(Br)cc1Cl)C(=O)O. The Balaban J connectivity index is 2.82. The Labute approximate surface area is 113 Å². The molecule has 0 aromatic heterocycles. The molecule has 0 heterocycles. The Hall–Kier alpha value is -0.555. The van der Waals surface area contributed by atoms with Gasteiger partial charge in [-0.15, -0.1) is 0 Å². The van der Waals surface area contributed by atoms with Gasteiger partial charge in [-0.2, -0.15) is 0 Å². The topological polar surface area (TPSA) is 69.6 Å². The Morgan fingerprint density at radius 2 is 2.29 bits per heavy atom. The number of nitrogens with one attached hydrogen (secondary N) is 1. The maximum atomic E-state index is 11.0. The van der Waals surface area contributed by atoms with Gasteiger partial charge in [0.05, 0.1) is 0 Å². The molecule has 7 heteroatoms. The lowest BCUT2D eigenvalue weighted by atomic mass is 9.86. The van der Waals surface area contributed by atoms with E-state index < -0.39 is 19.1 Å². The standard InChI is InChI=1S/C10H12BBrClNO3/c1-11(17)14-9(10(15)16)4-6-2-3-7(12)5-8(6)13/h2-3,5,9,14,17H,4H2,1H3,(H,15,16)/t9-/m1/s1. The second kappa shape index (κ2) is 6.40. The van der Waals surface area contributed by atoms with Gasteiger partial charge in [-0.05, 0) is 30.9 Å². The number of hydrogen-bond donors (Lipinski definition) is 3. The van der Waals surface area contributed by atoms with Crippen LogP contribution in [0.4, 0.5) is 0 Å². The van der Waals surface area contributed by atoms with Crippen molar-refractivity contribution in [3.63, 3.8) is 0 Å². The summed E-state index contributed by atoms with van der Waals surface area (Å²) in [6, 6.07) is 4.39. The minimum Gasteiger partial charge on any atom is -0.480 e. The minimum absolute atomic E-state index is 0.215. The molecule has 1 rings (SSSR count). The molecule has 92 valence electrons. The molecule has 0 amide bonds. The Morgan fingerprint density at radius 3 is 2.76 bits per heavy atom. The molecule has 0 aliphatic carbocycles. The van der Waals surface area contributed by atoms with E-state index in [2.05, 4.69) is 21.2 Å².